The summed E-state index contributed by atoms with van der Waals surface area (Å²) in [6.07, 6.45) is 1.32. The minimum absolute atomic E-state index is 0.0136. The molecular formula is C27H34F2N2O4S. The zero-order valence-electron chi connectivity index (χ0n) is 21.0. The highest BCUT2D eigenvalue weighted by molar-refractivity contribution is 7.91. The Kier molecular flexibility index (Phi) is 8.87. The standard InChI is InChI=1S/C27H34F2N2O4S/c1-4-24(20-14-16-27(28,29)17-15-20)31(3)26(33)21-8-10-22(11-9-21)30-25(32)18-19-6-12-23(13-7-19)36(34,35)5-2/h6-13,20,24H,4-5,14-18H2,1-3H3,(H,30,32)/t24-/m1/s1. The Hall–Kier alpha value is -2.81. The molecular weight excluding hydrogens is 486 g/mol. The Morgan fingerprint density at radius 2 is 1.61 bits per heavy atom. The fourth-order valence-electron chi connectivity index (χ4n) is 4.79. The molecule has 6 nitrogen and oxygen atoms in total. The Morgan fingerprint density at radius 3 is 2.14 bits per heavy atom. The summed E-state index contributed by atoms with van der Waals surface area (Å²) in [5.41, 5.74) is 1.68. The minimum atomic E-state index is -3.29. The maximum absolute atomic E-state index is 13.6. The number of rotatable bonds is 9. The average molecular weight is 521 g/mol. The van der Waals surface area contributed by atoms with E-state index in [2.05, 4.69) is 5.32 Å². The van der Waals surface area contributed by atoms with Gasteiger partial charge in [-0.25, -0.2) is 17.2 Å². The number of benzene rings is 2. The molecule has 1 atom stereocenters. The van der Waals surface area contributed by atoms with E-state index in [1.165, 1.54) is 12.1 Å². The van der Waals surface area contributed by atoms with E-state index in [4.69, 9.17) is 0 Å². The second kappa shape index (κ2) is 11.5. The molecule has 0 radical (unpaired) electrons. The highest BCUT2D eigenvalue weighted by atomic mass is 32.2. The number of nitrogens with one attached hydrogen (secondary N) is 1. The van der Waals surface area contributed by atoms with E-state index in [9.17, 15) is 26.8 Å². The number of amides is 2. The largest absolute Gasteiger partial charge is 0.338 e. The van der Waals surface area contributed by atoms with E-state index in [1.807, 2.05) is 6.92 Å². The molecule has 1 aliphatic rings. The van der Waals surface area contributed by atoms with E-state index in [0.29, 0.717) is 36.1 Å². The van der Waals surface area contributed by atoms with Gasteiger partial charge in [-0.05, 0) is 67.1 Å². The Labute approximate surface area is 212 Å². The molecule has 1 aliphatic carbocycles. The zero-order valence-corrected chi connectivity index (χ0v) is 21.8. The molecule has 9 heteroatoms. The lowest BCUT2D eigenvalue weighted by atomic mass is 9.80. The summed E-state index contributed by atoms with van der Waals surface area (Å²) >= 11 is 0. The average Bonchev–Trinajstić information content (AvgIpc) is 2.85. The number of carbonyl (C=O) groups excluding carboxylic acids is 2. The molecule has 0 saturated heterocycles. The summed E-state index contributed by atoms with van der Waals surface area (Å²) < 4.78 is 51.0. The number of alkyl halides is 2. The number of anilines is 1. The number of hydrogen-bond donors (Lipinski definition) is 1. The smallest absolute Gasteiger partial charge is 0.253 e. The zero-order chi connectivity index (χ0) is 26.5. The molecule has 1 N–H and O–H groups in total. The van der Waals surface area contributed by atoms with Crippen molar-refractivity contribution < 1.29 is 26.8 Å². The molecule has 1 saturated carbocycles. The van der Waals surface area contributed by atoms with Crippen molar-refractivity contribution in [3.05, 3.63) is 59.7 Å². The summed E-state index contributed by atoms with van der Waals surface area (Å²) in [5.74, 6) is -2.98. The van der Waals surface area contributed by atoms with Crippen molar-refractivity contribution in [1.29, 1.82) is 0 Å². The summed E-state index contributed by atoms with van der Waals surface area (Å²) in [4.78, 5) is 27.4. The second-order valence-corrected chi connectivity index (χ2v) is 11.7. The number of carbonyl (C=O) groups is 2. The summed E-state index contributed by atoms with van der Waals surface area (Å²) in [6.45, 7) is 3.55. The van der Waals surface area contributed by atoms with Gasteiger partial charge in [0.05, 0.1) is 17.1 Å². The number of halogens is 2. The molecule has 0 unspecified atom stereocenters. The van der Waals surface area contributed by atoms with E-state index < -0.39 is 15.8 Å². The Morgan fingerprint density at radius 1 is 1.03 bits per heavy atom. The van der Waals surface area contributed by atoms with E-state index >= 15 is 0 Å². The lowest BCUT2D eigenvalue weighted by Gasteiger charge is -2.38. The lowest BCUT2D eigenvalue weighted by molar-refractivity contribution is -0.115. The first-order valence-electron chi connectivity index (χ1n) is 12.3. The van der Waals surface area contributed by atoms with Crippen molar-refractivity contribution in [2.45, 2.75) is 69.2 Å². The molecule has 196 valence electrons. The first-order chi connectivity index (χ1) is 17.0. The van der Waals surface area contributed by atoms with Gasteiger partial charge in [0.2, 0.25) is 11.8 Å². The molecule has 3 rings (SSSR count). The van der Waals surface area contributed by atoms with Crippen LogP contribution >= 0.6 is 0 Å². The topological polar surface area (TPSA) is 83.6 Å². The predicted molar refractivity (Wildman–Crippen MR) is 136 cm³/mol. The van der Waals surface area contributed by atoms with Crippen molar-refractivity contribution in [2.24, 2.45) is 5.92 Å². The number of nitrogens with zero attached hydrogens (tertiary/aromatic N) is 1. The van der Waals surface area contributed by atoms with Gasteiger partial charge in [0, 0.05) is 37.2 Å². The summed E-state index contributed by atoms with van der Waals surface area (Å²) in [5, 5.41) is 2.78. The van der Waals surface area contributed by atoms with Crippen molar-refractivity contribution >= 4 is 27.3 Å². The Balaban J connectivity index is 1.58. The van der Waals surface area contributed by atoms with Gasteiger partial charge < -0.3 is 10.2 Å². The molecule has 0 spiro atoms. The van der Waals surface area contributed by atoms with Crippen LogP contribution in [-0.2, 0) is 21.1 Å². The maximum Gasteiger partial charge on any atom is 0.253 e. The van der Waals surface area contributed by atoms with E-state index in [0.717, 1.165) is 0 Å². The molecule has 0 aliphatic heterocycles. The third-order valence-electron chi connectivity index (χ3n) is 6.98. The quantitative estimate of drug-likeness (QED) is 0.484. The van der Waals surface area contributed by atoms with E-state index in [-0.39, 0.29) is 53.7 Å². The van der Waals surface area contributed by atoms with Crippen LogP contribution in [0.4, 0.5) is 14.5 Å². The van der Waals surface area contributed by atoms with Crippen LogP contribution in [0.3, 0.4) is 0 Å². The van der Waals surface area contributed by atoms with Crippen molar-refractivity contribution in [3.63, 3.8) is 0 Å². The highest BCUT2D eigenvalue weighted by Gasteiger charge is 2.39. The third kappa shape index (κ3) is 6.90. The molecule has 0 bridgehead atoms. The molecule has 2 aromatic rings. The summed E-state index contributed by atoms with van der Waals surface area (Å²) in [7, 11) is -1.57. The van der Waals surface area contributed by atoms with Crippen LogP contribution in [0.2, 0.25) is 0 Å². The molecule has 0 aromatic heterocycles. The van der Waals surface area contributed by atoms with Crippen LogP contribution in [0.5, 0.6) is 0 Å². The van der Waals surface area contributed by atoms with Gasteiger partial charge in [-0.1, -0.05) is 26.0 Å². The van der Waals surface area contributed by atoms with Crippen LogP contribution in [0.25, 0.3) is 0 Å². The van der Waals surface area contributed by atoms with Gasteiger partial charge >= 0.3 is 0 Å². The molecule has 36 heavy (non-hydrogen) atoms. The number of hydrogen-bond acceptors (Lipinski definition) is 4. The van der Waals surface area contributed by atoms with Crippen LogP contribution in [0.1, 0.15) is 61.9 Å². The molecule has 2 amide bonds. The number of sulfone groups is 1. The van der Waals surface area contributed by atoms with Gasteiger partial charge in [0.25, 0.3) is 5.91 Å². The van der Waals surface area contributed by atoms with Crippen LogP contribution in [0, 0.1) is 5.92 Å². The SMILES string of the molecule is CC[C@H](C1CCC(F)(F)CC1)N(C)C(=O)c1ccc(NC(=O)Cc2ccc(S(=O)(=O)CC)cc2)cc1. The van der Waals surface area contributed by atoms with Crippen LogP contribution < -0.4 is 5.32 Å². The summed E-state index contributed by atoms with van der Waals surface area (Å²) in [6, 6.07) is 12.7. The molecule has 0 heterocycles. The van der Waals surface area contributed by atoms with Gasteiger partial charge in [0.15, 0.2) is 9.84 Å². The van der Waals surface area contributed by atoms with Crippen molar-refractivity contribution in [1.82, 2.24) is 4.90 Å². The van der Waals surface area contributed by atoms with Gasteiger partial charge in [-0.2, -0.15) is 0 Å². The molecule has 1 fully saturated rings. The third-order valence-corrected chi connectivity index (χ3v) is 8.74. The van der Waals surface area contributed by atoms with Crippen LogP contribution in [-0.4, -0.2) is 49.9 Å². The normalized spacial score (nSPS) is 16.8. The molecule has 2 aromatic carbocycles. The van der Waals surface area contributed by atoms with Gasteiger partial charge in [0.1, 0.15) is 0 Å². The van der Waals surface area contributed by atoms with Crippen LogP contribution in [0.15, 0.2) is 53.4 Å². The Bertz CT molecular complexity index is 1160. The lowest BCUT2D eigenvalue weighted by Crippen LogP contribution is -2.43. The fourth-order valence-corrected chi connectivity index (χ4v) is 5.68. The predicted octanol–water partition coefficient (Wildman–Crippen LogP) is 5.34. The second-order valence-electron chi connectivity index (χ2n) is 9.43. The van der Waals surface area contributed by atoms with E-state index in [1.54, 1.807) is 55.3 Å². The minimum Gasteiger partial charge on any atom is -0.338 e. The van der Waals surface area contributed by atoms with Gasteiger partial charge in [-0.3, -0.25) is 9.59 Å². The fraction of sp³-hybridized carbons (Fsp3) is 0.481. The van der Waals surface area contributed by atoms with Crippen molar-refractivity contribution in [3.8, 4) is 0 Å². The first kappa shape index (κ1) is 27.8. The monoisotopic (exact) mass is 520 g/mol. The first-order valence-corrected chi connectivity index (χ1v) is 14.0. The van der Waals surface area contributed by atoms with Crippen molar-refractivity contribution in [2.75, 3.05) is 18.1 Å². The maximum atomic E-state index is 13.6. The highest BCUT2D eigenvalue weighted by Crippen LogP contribution is 2.39. The van der Waals surface area contributed by atoms with Gasteiger partial charge in [-0.15, -0.1) is 0 Å².